The molecule has 2 saturated heterocycles. The number of sulfonamides is 1. The van der Waals surface area contributed by atoms with Gasteiger partial charge in [-0.2, -0.15) is 4.31 Å². The first-order valence-electron chi connectivity index (χ1n) is 12.3. The Labute approximate surface area is 231 Å². The molecular formula is C27H28N4O6S2. The number of pyridine rings is 1. The monoisotopic (exact) mass is 568 g/mol. The SMILES string of the molecule is COC(=O)c1ccc(C2SCC(=O)N2c2ccc(N3CCN(S(=O)(=O)c4ccccc4)CC3)cn2)c(OC)c1. The van der Waals surface area contributed by atoms with Gasteiger partial charge in [-0.1, -0.05) is 24.3 Å². The molecule has 3 aromatic rings. The van der Waals surface area contributed by atoms with Gasteiger partial charge < -0.3 is 14.4 Å². The number of anilines is 2. The molecule has 0 N–H and O–H groups in total. The van der Waals surface area contributed by atoms with Crippen molar-refractivity contribution in [3.05, 3.63) is 78.0 Å². The molecule has 0 spiro atoms. The smallest absolute Gasteiger partial charge is 0.337 e. The quantitative estimate of drug-likeness (QED) is 0.397. The molecule has 2 aromatic carbocycles. The van der Waals surface area contributed by atoms with Gasteiger partial charge in [0, 0.05) is 31.7 Å². The number of ether oxygens (including phenoxy) is 2. The van der Waals surface area contributed by atoms with Crippen molar-refractivity contribution in [1.82, 2.24) is 9.29 Å². The zero-order chi connectivity index (χ0) is 27.6. The number of rotatable bonds is 7. The molecule has 1 amide bonds. The van der Waals surface area contributed by atoms with Gasteiger partial charge in [-0.3, -0.25) is 9.69 Å². The molecule has 1 atom stereocenters. The topological polar surface area (TPSA) is 109 Å². The van der Waals surface area contributed by atoms with Crippen LogP contribution in [0.5, 0.6) is 5.75 Å². The minimum absolute atomic E-state index is 0.0796. The summed E-state index contributed by atoms with van der Waals surface area (Å²) in [6, 6.07) is 17.2. The maximum atomic E-state index is 12.9. The molecule has 5 rings (SSSR count). The molecule has 3 heterocycles. The fraction of sp³-hybridized carbons (Fsp3) is 0.296. The Bertz CT molecular complexity index is 1460. The van der Waals surface area contributed by atoms with Crippen LogP contribution < -0.4 is 14.5 Å². The normalized spacial score (nSPS) is 18.3. The van der Waals surface area contributed by atoms with E-state index in [0.29, 0.717) is 48.2 Å². The molecule has 0 bridgehead atoms. The number of aromatic nitrogens is 1. The molecule has 2 aliphatic rings. The Balaban J connectivity index is 1.30. The van der Waals surface area contributed by atoms with Crippen LogP contribution >= 0.6 is 11.8 Å². The van der Waals surface area contributed by atoms with Gasteiger partial charge in [0.05, 0.1) is 42.3 Å². The number of carbonyl (C=O) groups excluding carboxylic acids is 2. The van der Waals surface area contributed by atoms with E-state index in [-0.39, 0.29) is 17.0 Å². The second-order valence-corrected chi connectivity index (χ2v) is 12.0. The van der Waals surface area contributed by atoms with E-state index in [0.717, 1.165) is 11.3 Å². The third-order valence-corrected chi connectivity index (χ3v) is 9.86. The van der Waals surface area contributed by atoms with E-state index in [1.807, 2.05) is 6.07 Å². The summed E-state index contributed by atoms with van der Waals surface area (Å²) in [6.07, 6.45) is 1.71. The van der Waals surface area contributed by atoms with Crippen LogP contribution in [0.15, 0.2) is 71.8 Å². The van der Waals surface area contributed by atoms with Crippen molar-refractivity contribution in [2.24, 2.45) is 0 Å². The third kappa shape index (κ3) is 5.32. The van der Waals surface area contributed by atoms with Gasteiger partial charge in [0.1, 0.15) is 16.9 Å². The molecule has 2 aliphatic heterocycles. The van der Waals surface area contributed by atoms with Gasteiger partial charge in [0.25, 0.3) is 0 Å². The first kappa shape index (κ1) is 27.0. The number of hydrogen-bond donors (Lipinski definition) is 0. The summed E-state index contributed by atoms with van der Waals surface area (Å²) in [5.74, 6) is 0.721. The number of nitrogens with zero attached hydrogens (tertiary/aromatic N) is 4. The van der Waals surface area contributed by atoms with E-state index in [4.69, 9.17) is 9.47 Å². The Kier molecular flexibility index (Phi) is 7.78. The molecule has 1 unspecified atom stereocenters. The van der Waals surface area contributed by atoms with Crippen molar-refractivity contribution >= 4 is 45.2 Å². The summed E-state index contributed by atoms with van der Waals surface area (Å²) in [7, 11) is -0.696. The van der Waals surface area contributed by atoms with Gasteiger partial charge in [-0.05, 0) is 36.4 Å². The van der Waals surface area contributed by atoms with Gasteiger partial charge in [-0.15, -0.1) is 11.8 Å². The second kappa shape index (κ2) is 11.2. The summed E-state index contributed by atoms with van der Waals surface area (Å²) in [6.45, 7) is 1.78. The average Bonchev–Trinajstić information content (AvgIpc) is 3.37. The molecule has 1 aromatic heterocycles. The van der Waals surface area contributed by atoms with Crippen molar-refractivity contribution in [2.45, 2.75) is 10.3 Å². The second-order valence-electron chi connectivity index (χ2n) is 8.95. The van der Waals surface area contributed by atoms with Crippen LogP contribution in [-0.4, -0.2) is 75.7 Å². The number of benzene rings is 2. The van der Waals surface area contributed by atoms with Crippen molar-refractivity contribution in [3.8, 4) is 5.75 Å². The van der Waals surface area contributed by atoms with Crippen LogP contribution in [0.3, 0.4) is 0 Å². The first-order chi connectivity index (χ1) is 18.8. The lowest BCUT2D eigenvalue weighted by Gasteiger charge is -2.35. The average molecular weight is 569 g/mol. The zero-order valence-corrected chi connectivity index (χ0v) is 23.2. The van der Waals surface area contributed by atoms with E-state index < -0.39 is 16.0 Å². The summed E-state index contributed by atoms with van der Waals surface area (Å²) in [5.41, 5.74) is 1.96. The fourth-order valence-corrected chi connectivity index (χ4v) is 7.33. The predicted octanol–water partition coefficient (Wildman–Crippen LogP) is 3.17. The number of esters is 1. The lowest BCUT2D eigenvalue weighted by atomic mass is 10.1. The summed E-state index contributed by atoms with van der Waals surface area (Å²) < 4.78 is 37.7. The minimum Gasteiger partial charge on any atom is -0.496 e. The maximum absolute atomic E-state index is 12.9. The first-order valence-corrected chi connectivity index (χ1v) is 14.8. The fourth-order valence-electron chi connectivity index (χ4n) is 4.70. The van der Waals surface area contributed by atoms with Crippen molar-refractivity contribution in [1.29, 1.82) is 0 Å². The summed E-state index contributed by atoms with van der Waals surface area (Å²) in [5, 5.41) is -0.371. The number of thioether (sulfide) groups is 1. The number of methoxy groups -OCH3 is 2. The molecule has 0 saturated carbocycles. The Morgan fingerprint density at radius 3 is 2.38 bits per heavy atom. The summed E-state index contributed by atoms with van der Waals surface area (Å²) >= 11 is 1.46. The molecule has 2 fully saturated rings. The Morgan fingerprint density at radius 1 is 1.00 bits per heavy atom. The highest BCUT2D eigenvalue weighted by molar-refractivity contribution is 8.00. The highest BCUT2D eigenvalue weighted by atomic mass is 32.2. The number of hydrogen-bond acceptors (Lipinski definition) is 9. The van der Waals surface area contributed by atoms with Gasteiger partial charge in [0.2, 0.25) is 15.9 Å². The maximum Gasteiger partial charge on any atom is 0.337 e. The predicted molar refractivity (Wildman–Crippen MR) is 149 cm³/mol. The molecule has 12 heteroatoms. The van der Waals surface area contributed by atoms with Crippen LogP contribution in [0.2, 0.25) is 0 Å². The molecule has 204 valence electrons. The van der Waals surface area contributed by atoms with E-state index in [9.17, 15) is 18.0 Å². The molecular weight excluding hydrogens is 540 g/mol. The number of piperazine rings is 1. The van der Waals surface area contributed by atoms with Gasteiger partial charge >= 0.3 is 5.97 Å². The van der Waals surface area contributed by atoms with Crippen LogP contribution in [0.25, 0.3) is 0 Å². The van der Waals surface area contributed by atoms with Crippen molar-refractivity contribution < 1.29 is 27.5 Å². The van der Waals surface area contributed by atoms with E-state index in [1.54, 1.807) is 65.7 Å². The standard InChI is InChI=1S/C27H28N4O6S2/c1-36-23-16-19(27(33)37-2)8-10-22(23)26-31(25(32)18-38-26)24-11-9-20(17-28-24)29-12-14-30(15-13-29)39(34,35)21-6-4-3-5-7-21/h3-11,16-17,26H,12-15,18H2,1-2H3. The van der Waals surface area contributed by atoms with Crippen molar-refractivity contribution in [3.63, 3.8) is 0 Å². The number of carbonyl (C=O) groups is 2. The van der Waals surface area contributed by atoms with Gasteiger partial charge in [-0.25, -0.2) is 18.2 Å². The molecule has 39 heavy (non-hydrogen) atoms. The Hall–Kier alpha value is -3.61. The third-order valence-electron chi connectivity index (χ3n) is 6.75. The number of amides is 1. The highest BCUT2D eigenvalue weighted by Gasteiger charge is 2.37. The summed E-state index contributed by atoms with van der Waals surface area (Å²) in [4.78, 5) is 33.5. The largest absolute Gasteiger partial charge is 0.496 e. The van der Waals surface area contributed by atoms with Crippen LogP contribution in [-0.2, 0) is 19.6 Å². The van der Waals surface area contributed by atoms with E-state index >= 15 is 0 Å². The van der Waals surface area contributed by atoms with E-state index in [2.05, 4.69) is 9.88 Å². The van der Waals surface area contributed by atoms with Crippen LogP contribution in [0.4, 0.5) is 11.5 Å². The molecule has 0 aliphatic carbocycles. The van der Waals surface area contributed by atoms with Gasteiger partial charge in [0.15, 0.2) is 0 Å². The van der Waals surface area contributed by atoms with Crippen LogP contribution in [0, 0.1) is 0 Å². The Morgan fingerprint density at radius 2 is 1.74 bits per heavy atom. The van der Waals surface area contributed by atoms with Crippen LogP contribution in [0.1, 0.15) is 21.3 Å². The minimum atomic E-state index is -3.53. The highest BCUT2D eigenvalue weighted by Crippen LogP contribution is 2.44. The molecule has 0 radical (unpaired) electrons. The zero-order valence-electron chi connectivity index (χ0n) is 21.5. The lowest BCUT2D eigenvalue weighted by Crippen LogP contribution is -2.48. The molecule has 10 nitrogen and oxygen atoms in total. The van der Waals surface area contributed by atoms with E-state index in [1.165, 1.54) is 30.3 Å². The van der Waals surface area contributed by atoms with Crippen molar-refractivity contribution in [2.75, 3.05) is 56.0 Å². The lowest BCUT2D eigenvalue weighted by molar-refractivity contribution is -0.115.